The normalized spacial score (nSPS) is 12.5. The summed E-state index contributed by atoms with van der Waals surface area (Å²) < 4.78 is 63.7. The van der Waals surface area contributed by atoms with Crippen LogP contribution in [0.2, 0.25) is 0 Å². The van der Waals surface area contributed by atoms with Crippen LogP contribution in [-0.4, -0.2) is 25.8 Å². The molecule has 0 aliphatic heterocycles. The van der Waals surface area contributed by atoms with E-state index < -0.39 is 44.7 Å². The van der Waals surface area contributed by atoms with Crippen molar-refractivity contribution < 1.29 is 26.4 Å². The van der Waals surface area contributed by atoms with Crippen molar-refractivity contribution in [1.29, 1.82) is 10.5 Å². The minimum absolute atomic E-state index is 0.220. The fraction of sp³-hybridized carbons (Fsp3) is 0.250. The van der Waals surface area contributed by atoms with Crippen LogP contribution in [0.15, 0.2) is 42.5 Å². The van der Waals surface area contributed by atoms with Gasteiger partial charge < -0.3 is 5.32 Å². The van der Waals surface area contributed by atoms with E-state index in [0.29, 0.717) is 17.2 Å². The van der Waals surface area contributed by atoms with Gasteiger partial charge in [0.1, 0.15) is 0 Å². The van der Waals surface area contributed by atoms with E-state index in [1.807, 2.05) is 6.07 Å². The molecule has 1 amide bonds. The number of hydrogen-bond donors (Lipinski definition) is 1. The fourth-order valence-electron chi connectivity index (χ4n) is 2.67. The van der Waals surface area contributed by atoms with Crippen LogP contribution in [-0.2, 0) is 20.8 Å². The third-order valence-corrected chi connectivity index (χ3v) is 6.05. The number of benzene rings is 2. The Morgan fingerprint density at radius 3 is 2.23 bits per heavy atom. The number of carbonyl (C=O) groups is 1. The van der Waals surface area contributed by atoms with Crippen LogP contribution >= 0.6 is 0 Å². The molecule has 1 atom stereocenters. The molecule has 1 unspecified atom stereocenters. The molecule has 0 bridgehead atoms. The summed E-state index contributed by atoms with van der Waals surface area (Å²) in [4.78, 5) is 12.8. The molecule has 1 N–H and O–H groups in total. The summed E-state index contributed by atoms with van der Waals surface area (Å²) in [6.07, 6.45) is -4.80. The number of alkyl halides is 3. The maximum absolute atomic E-state index is 13.1. The second-order valence-electron chi connectivity index (χ2n) is 6.34. The molecule has 0 aliphatic carbocycles. The van der Waals surface area contributed by atoms with Crippen molar-refractivity contribution in [2.45, 2.75) is 19.0 Å². The standard InChI is InChI=1S/C20H16F3N3O3S/c1-2-30(28,29)12-17(14-5-3-13(10-24)4-6-14)19(27)26-16-8-7-15(11-25)18(9-16)20(21,22)23/h3-9,17H,2,12H2,1H3,(H,26,27). The van der Waals surface area contributed by atoms with Gasteiger partial charge in [0, 0.05) is 11.4 Å². The molecule has 2 aromatic rings. The Kier molecular flexibility index (Phi) is 6.85. The largest absolute Gasteiger partial charge is 0.417 e. The Bertz CT molecular complexity index is 1130. The van der Waals surface area contributed by atoms with Gasteiger partial charge in [0.15, 0.2) is 9.84 Å². The SMILES string of the molecule is CCS(=O)(=O)CC(C(=O)Nc1ccc(C#N)c(C(F)(F)F)c1)c1ccc(C#N)cc1. The van der Waals surface area contributed by atoms with E-state index in [-0.39, 0.29) is 11.4 Å². The molecule has 156 valence electrons. The number of nitrogens with one attached hydrogen (secondary N) is 1. The smallest absolute Gasteiger partial charge is 0.326 e. The molecule has 0 fully saturated rings. The van der Waals surface area contributed by atoms with E-state index >= 15 is 0 Å². The van der Waals surface area contributed by atoms with Crippen LogP contribution in [0, 0.1) is 22.7 Å². The number of nitrogens with zero attached hydrogens (tertiary/aromatic N) is 2. The lowest BCUT2D eigenvalue weighted by Crippen LogP contribution is -2.28. The van der Waals surface area contributed by atoms with Gasteiger partial charge in [0.2, 0.25) is 5.91 Å². The van der Waals surface area contributed by atoms with E-state index in [2.05, 4.69) is 5.32 Å². The lowest BCUT2D eigenvalue weighted by Gasteiger charge is -2.18. The molecule has 2 aromatic carbocycles. The van der Waals surface area contributed by atoms with Crippen molar-refractivity contribution in [3.63, 3.8) is 0 Å². The Morgan fingerprint density at radius 2 is 1.73 bits per heavy atom. The molecule has 10 heteroatoms. The number of sulfone groups is 1. The van der Waals surface area contributed by atoms with Crippen molar-refractivity contribution in [2.24, 2.45) is 0 Å². The molecule has 0 radical (unpaired) electrons. The zero-order valence-corrected chi connectivity index (χ0v) is 16.5. The molecule has 0 aliphatic rings. The van der Waals surface area contributed by atoms with Gasteiger partial charge in [0.25, 0.3) is 0 Å². The predicted molar refractivity (Wildman–Crippen MR) is 103 cm³/mol. The zero-order chi connectivity index (χ0) is 22.5. The summed E-state index contributed by atoms with van der Waals surface area (Å²) in [5.74, 6) is -2.80. The predicted octanol–water partition coefficient (Wildman–Crippen LogP) is 3.61. The number of carbonyl (C=O) groups excluding carboxylic acids is 1. The van der Waals surface area contributed by atoms with Gasteiger partial charge in [-0.25, -0.2) is 8.42 Å². The molecule has 0 saturated carbocycles. The van der Waals surface area contributed by atoms with Crippen LogP contribution in [0.4, 0.5) is 18.9 Å². The van der Waals surface area contributed by atoms with Crippen molar-refractivity contribution in [3.8, 4) is 12.1 Å². The monoisotopic (exact) mass is 435 g/mol. The molecule has 30 heavy (non-hydrogen) atoms. The molecule has 6 nitrogen and oxygen atoms in total. The number of rotatable bonds is 6. The third-order valence-electron chi connectivity index (χ3n) is 4.33. The van der Waals surface area contributed by atoms with Crippen LogP contribution in [0.3, 0.4) is 0 Å². The average molecular weight is 435 g/mol. The highest BCUT2D eigenvalue weighted by Gasteiger charge is 2.34. The van der Waals surface area contributed by atoms with Gasteiger partial charge in [0.05, 0.1) is 40.5 Å². The summed E-state index contributed by atoms with van der Waals surface area (Å²) in [7, 11) is -3.61. The molecular weight excluding hydrogens is 419 g/mol. The first-order valence-electron chi connectivity index (χ1n) is 8.63. The zero-order valence-electron chi connectivity index (χ0n) is 15.7. The first kappa shape index (κ1) is 22.9. The number of amides is 1. The first-order chi connectivity index (χ1) is 14.0. The molecule has 0 heterocycles. The van der Waals surface area contributed by atoms with E-state index in [9.17, 15) is 26.4 Å². The van der Waals surface area contributed by atoms with Gasteiger partial charge in [-0.15, -0.1) is 0 Å². The Labute approximate surface area is 171 Å². The Morgan fingerprint density at radius 1 is 1.10 bits per heavy atom. The maximum Gasteiger partial charge on any atom is 0.417 e. The summed E-state index contributed by atoms with van der Waals surface area (Å²) >= 11 is 0. The highest BCUT2D eigenvalue weighted by Crippen LogP contribution is 2.34. The molecular formula is C20H16F3N3O3S. The minimum Gasteiger partial charge on any atom is -0.326 e. The summed E-state index contributed by atoms with van der Waals surface area (Å²) in [6.45, 7) is 1.42. The van der Waals surface area contributed by atoms with Gasteiger partial charge >= 0.3 is 6.18 Å². The van der Waals surface area contributed by atoms with E-state index in [0.717, 1.165) is 12.1 Å². The van der Waals surface area contributed by atoms with E-state index in [4.69, 9.17) is 10.5 Å². The Hall–Kier alpha value is -3.37. The van der Waals surface area contributed by atoms with Crippen molar-refractivity contribution in [3.05, 3.63) is 64.7 Å². The highest BCUT2D eigenvalue weighted by atomic mass is 32.2. The average Bonchev–Trinajstić information content (AvgIpc) is 2.71. The quantitative estimate of drug-likeness (QED) is 0.745. The second kappa shape index (κ2) is 8.97. The highest BCUT2D eigenvalue weighted by molar-refractivity contribution is 7.91. The minimum atomic E-state index is -4.80. The van der Waals surface area contributed by atoms with Crippen LogP contribution in [0.5, 0.6) is 0 Å². The van der Waals surface area contributed by atoms with Crippen LogP contribution < -0.4 is 5.32 Å². The first-order valence-corrected chi connectivity index (χ1v) is 10.5. The molecule has 2 rings (SSSR count). The van der Waals surface area contributed by atoms with Crippen molar-refractivity contribution in [2.75, 3.05) is 16.8 Å². The summed E-state index contributed by atoms with van der Waals surface area (Å²) in [6, 6.07) is 11.7. The topological polar surface area (TPSA) is 111 Å². The number of nitriles is 2. The molecule has 0 saturated heterocycles. The van der Waals surface area contributed by atoms with Crippen LogP contribution in [0.1, 0.15) is 35.1 Å². The van der Waals surface area contributed by atoms with Crippen molar-refractivity contribution >= 4 is 21.4 Å². The fourth-order valence-corrected chi connectivity index (χ4v) is 3.76. The van der Waals surface area contributed by atoms with E-state index in [1.165, 1.54) is 37.3 Å². The van der Waals surface area contributed by atoms with Gasteiger partial charge in [-0.1, -0.05) is 19.1 Å². The summed E-state index contributed by atoms with van der Waals surface area (Å²) in [5.41, 5.74) is -1.43. The third kappa shape index (κ3) is 5.58. The lowest BCUT2D eigenvalue weighted by atomic mass is 9.98. The van der Waals surface area contributed by atoms with Crippen LogP contribution in [0.25, 0.3) is 0 Å². The maximum atomic E-state index is 13.1. The van der Waals surface area contributed by atoms with Gasteiger partial charge in [-0.05, 0) is 35.9 Å². The molecule has 0 aromatic heterocycles. The summed E-state index contributed by atoms with van der Waals surface area (Å²) in [5, 5.41) is 20.1. The number of hydrogen-bond acceptors (Lipinski definition) is 5. The second-order valence-corrected chi connectivity index (χ2v) is 8.74. The molecule has 0 spiro atoms. The van der Waals surface area contributed by atoms with Gasteiger partial charge in [-0.3, -0.25) is 4.79 Å². The number of halogens is 3. The van der Waals surface area contributed by atoms with Gasteiger partial charge in [-0.2, -0.15) is 23.7 Å². The van der Waals surface area contributed by atoms with Crippen molar-refractivity contribution in [1.82, 2.24) is 0 Å². The number of anilines is 1. The Balaban J connectivity index is 2.41. The lowest BCUT2D eigenvalue weighted by molar-refractivity contribution is -0.137. The van der Waals surface area contributed by atoms with E-state index in [1.54, 1.807) is 0 Å².